The summed E-state index contributed by atoms with van der Waals surface area (Å²) in [6, 6.07) is 5.63. The van der Waals surface area contributed by atoms with Crippen LogP contribution in [0.3, 0.4) is 0 Å². The number of hydrogen-bond acceptors (Lipinski definition) is 4. The van der Waals surface area contributed by atoms with Crippen LogP contribution in [0.5, 0.6) is 0 Å². The van der Waals surface area contributed by atoms with Crippen LogP contribution >= 0.6 is 0 Å². The highest BCUT2D eigenvalue weighted by atomic mass is 16.6. The van der Waals surface area contributed by atoms with Gasteiger partial charge in [-0.2, -0.15) is 0 Å². The first-order valence-corrected chi connectivity index (χ1v) is 7.83. The van der Waals surface area contributed by atoms with Gasteiger partial charge in [-0.15, -0.1) is 0 Å². The van der Waals surface area contributed by atoms with E-state index < -0.39 is 0 Å². The van der Waals surface area contributed by atoms with Crippen LogP contribution in [0.1, 0.15) is 31.7 Å². The zero-order valence-electron chi connectivity index (χ0n) is 13.0. The lowest BCUT2D eigenvalue weighted by Gasteiger charge is -2.31. The predicted octanol–water partition coefficient (Wildman–Crippen LogP) is 3.12. The van der Waals surface area contributed by atoms with Crippen molar-refractivity contribution in [2.24, 2.45) is 5.92 Å². The Labute approximate surface area is 126 Å². The third-order valence-electron chi connectivity index (χ3n) is 4.17. The van der Waals surface area contributed by atoms with E-state index in [0.717, 1.165) is 56.7 Å². The lowest BCUT2D eigenvalue weighted by atomic mass is 9.97. The number of nitrogens with zero attached hydrogens (tertiary/aromatic N) is 2. The minimum Gasteiger partial charge on any atom is -0.366 e. The highest BCUT2D eigenvalue weighted by Gasteiger charge is 2.24. The van der Waals surface area contributed by atoms with E-state index in [1.807, 2.05) is 25.1 Å². The standard InChI is InChI=1S/C16H25N3O2/c1-3-11-18(12-14-7-9-17-10-8-14)15-6-4-5-13(2)16(15)19(20)21/h4-6,14,17H,3,7-12H2,1-2H3. The van der Waals surface area contributed by atoms with Gasteiger partial charge in [0.25, 0.3) is 5.69 Å². The summed E-state index contributed by atoms with van der Waals surface area (Å²) in [5, 5.41) is 14.8. The summed E-state index contributed by atoms with van der Waals surface area (Å²) in [6.45, 7) is 7.84. The molecule has 1 saturated heterocycles. The molecule has 21 heavy (non-hydrogen) atoms. The minimum atomic E-state index is -0.240. The molecule has 1 aliphatic heterocycles. The molecule has 5 nitrogen and oxygen atoms in total. The van der Waals surface area contributed by atoms with E-state index in [2.05, 4.69) is 17.1 Å². The highest BCUT2D eigenvalue weighted by Crippen LogP contribution is 2.32. The van der Waals surface area contributed by atoms with Crippen molar-refractivity contribution in [3.05, 3.63) is 33.9 Å². The van der Waals surface area contributed by atoms with Gasteiger partial charge in [0, 0.05) is 18.7 Å². The van der Waals surface area contributed by atoms with Crippen molar-refractivity contribution < 1.29 is 4.92 Å². The Morgan fingerprint density at radius 3 is 2.71 bits per heavy atom. The fourth-order valence-corrected chi connectivity index (χ4v) is 3.09. The van der Waals surface area contributed by atoms with Gasteiger partial charge in [0.15, 0.2) is 0 Å². The topological polar surface area (TPSA) is 58.4 Å². The van der Waals surface area contributed by atoms with Crippen LogP contribution in [0.25, 0.3) is 0 Å². The average molecular weight is 291 g/mol. The Hall–Kier alpha value is -1.62. The van der Waals surface area contributed by atoms with E-state index in [1.165, 1.54) is 0 Å². The third kappa shape index (κ3) is 3.94. The average Bonchev–Trinajstić information content (AvgIpc) is 2.47. The maximum atomic E-state index is 11.4. The number of nitro benzene ring substituents is 1. The van der Waals surface area contributed by atoms with Gasteiger partial charge in [0.05, 0.1) is 4.92 Å². The molecule has 1 aromatic rings. The molecule has 0 aromatic heterocycles. The molecule has 0 saturated carbocycles. The molecule has 0 aliphatic carbocycles. The van der Waals surface area contributed by atoms with E-state index in [-0.39, 0.29) is 10.6 Å². The number of piperidine rings is 1. The zero-order chi connectivity index (χ0) is 15.2. The second-order valence-electron chi connectivity index (χ2n) is 5.84. The molecular formula is C16H25N3O2. The maximum Gasteiger partial charge on any atom is 0.295 e. The van der Waals surface area contributed by atoms with Crippen LogP contribution in [-0.4, -0.2) is 31.1 Å². The Bertz CT molecular complexity index is 484. The zero-order valence-corrected chi connectivity index (χ0v) is 13.0. The number of nitrogens with one attached hydrogen (secondary N) is 1. The molecule has 1 heterocycles. The lowest BCUT2D eigenvalue weighted by Crippen LogP contribution is -2.37. The molecule has 5 heteroatoms. The van der Waals surface area contributed by atoms with Gasteiger partial charge in [0.1, 0.15) is 5.69 Å². The van der Waals surface area contributed by atoms with Crippen LogP contribution in [-0.2, 0) is 0 Å². The fraction of sp³-hybridized carbons (Fsp3) is 0.625. The van der Waals surface area contributed by atoms with Crippen molar-refractivity contribution in [1.29, 1.82) is 0 Å². The van der Waals surface area contributed by atoms with Crippen LogP contribution in [0, 0.1) is 23.0 Å². The number of nitro groups is 1. The SMILES string of the molecule is CCCN(CC1CCNCC1)c1cccc(C)c1[N+](=O)[O-]. The molecule has 1 N–H and O–H groups in total. The fourth-order valence-electron chi connectivity index (χ4n) is 3.09. The van der Waals surface area contributed by atoms with Crippen LogP contribution in [0.2, 0.25) is 0 Å². The Kier molecular flexibility index (Phi) is 5.56. The molecule has 116 valence electrons. The van der Waals surface area contributed by atoms with Crippen molar-refractivity contribution in [3.8, 4) is 0 Å². The molecule has 0 amide bonds. The monoisotopic (exact) mass is 291 g/mol. The number of para-hydroxylation sites is 1. The number of anilines is 1. The van der Waals surface area contributed by atoms with E-state index in [1.54, 1.807) is 0 Å². The van der Waals surface area contributed by atoms with Gasteiger partial charge in [-0.05, 0) is 51.3 Å². The number of benzene rings is 1. The van der Waals surface area contributed by atoms with Crippen molar-refractivity contribution in [3.63, 3.8) is 0 Å². The van der Waals surface area contributed by atoms with Crippen molar-refractivity contribution in [2.45, 2.75) is 33.1 Å². The Balaban J connectivity index is 2.24. The van der Waals surface area contributed by atoms with Gasteiger partial charge in [0.2, 0.25) is 0 Å². The largest absolute Gasteiger partial charge is 0.366 e. The van der Waals surface area contributed by atoms with Crippen LogP contribution in [0.4, 0.5) is 11.4 Å². The van der Waals surface area contributed by atoms with Gasteiger partial charge >= 0.3 is 0 Å². The first kappa shape index (κ1) is 15.8. The molecule has 0 spiro atoms. The molecule has 1 aliphatic rings. The summed E-state index contributed by atoms with van der Waals surface area (Å²) < 4.78 is 0. The minimum absolute atomic E-state index is 0.240. The second-order valence-corrected chi connectivity index (χ2v) is 5.84. The third-order valence-corrected chi connectivity index (χ3v) is 4.17. The van der Waals surface area contributed by atoms with E-state index in [0.29, 0.717) is 5.92 Å². The Morgan fingerprint density at radius 1 is 1.38 bits per heavy atom. The number of hydrogen-bond donors (Lipinski definition) is 1. The van der Waals surface area contributed by atoms with Crippen LogP contribution < -0.4 is 10.2 Å². The summed E-state index contributed by atoms with van der Waals surface area (Å²) in [7, 11) is 0. The first-order valence-electron chi connectivity index (χ1n) is 7.83. The maximum absolute atomic E-state index is 11.4. The molecule has 1 aromatic carbocycles. The molecule has 0 unspecified atom stereocenters. The number of aryl methyl sites for hydroxylation is 1. The summed E-state index contributed by atoms with van der Waals surface area (Å²) >= 11 is 0. The predicted molar refractivity (Wildman–Crippen MR) is 85.9 cm³/mol. The van der Waals surface area contributed by atoms with Gasteiger partial charge < -0.3 is 10.2 Å². The summed E-state index contributed by atoms with van der Waals surface area (Å²) in [5.74, 6) is 0.623. The van der Waals surface area contributed by atoms with Gasteiger partial charge in [-0.25, -0.2) is 0 Å². The second kappa shape index (κ2) is 7.41. The van der Waals surface area contributed by atoms with Crippen LogP contribution in [0.15, 0.2) is 18.2 Å². The van der Waals surface area contributed by atoms with Gasteiger partial charge in [-0.1, -0.05) is 19.1 Å². The molecule has 0 radical (unpaired) electrons. The smallest absolute Gasteiger partial charge is 0.295 e. The van der Waals surface area contributed by atoms with E-state index in [4.69, 9.17) is 0 Å². The highest BCUT2D eigenvalue weighted by molar-refractivity contribution is 5.66. The molecular weight excluding hydrogens is 266 g/mol. The quantitative estimate of drug-likeness (QED) is 0.646. The Morgan fingerprint density at radius 2 is 2.10 bits per heavy atom. The summed E-state index contributed by atoms with van der Waals surface area (Å²) in [4.78, 5) is 13.4. The first-order chi connectivity index (χ1) is 10.1. The van der Waals surface area contributed by atoms with Crippen molar-refractivity contribution in [2.75, 3.05) is 31.1 Å². The summed E-state index contributed by atoms with van der Waals surface area (Å²) in [6.07, 6.45) is 3.30. The van der Waals surface area contributed by atoms with Crippen molar-refractivity contribution >= 4 is 11.4 Å². The molecule has 1 fully saturated rings. The summed E-state index contributed by atoms with van der Waals surface area (Å²) in [5.41, 5.74) is 1.78. The number of rotatable bonds is 6. The molecule has 0 atom stereocenters. The van der Waals surface area contributed by atoms with Crippen molar-refractivity contribution in [1.82, 2.24) is 5.32 Å². The molecule has 0 bridgehead atoms. The van der Waals surface area contributed by atoms with E-state index in [9.17, 15) is 10.1 Å². The normalized spacial score (nSPS) is 15.9. The molecule has 2 rings (SSSR count). The lowest BCUT2D eigenvalue weighted by molar-refractivity contribution is -0.384. The van der Waals surface area contributed by atoms with E-state index >= 15 is 0 Å². The van der Waals surface area contributed by atoms with Gasteiger partial charge in [-0.3, -0.25) is 10.1 Å².